The lowest BCUT2D eigenvalue weighted by Crippen LogP contribution is -2.29. The maximum Gasteiger partial charge on any atom is 0.270 e. The van der Waals surface area contributed by atoms with Gasteiger partial charge in [-0.25, -0.2) is 4.98 Å². The number of carbonyl (C=O) groups is 1. The Morgan fingerprint density at radius 2 is 2.28 bits per heavy atom. The molecule has 1 amide bonds. The number of carbonyl (C=O) groups excluding carboxylic acids is 1. The van der Waals surface area contributed by atoms with Gasteiger partial charge < -0.3 is 15.0 Å². The monoisotopic (exact) mass is 247 g/mol. The molecule has 0 spiro atoms. The van der Waals surface area contributed by atoms with E-state index in [0.717, 1.165) is 0 Å². The quantitative estimate of drug-likeness (QED) is 0.819. The van der Waals surface area contributed by atoms with Crippen LogP contribution in [0.4, 0.5) is 0 Å². The number of hydrogen-bond acceptors (Lipinski definition) is 5. The van der Waals surface area contributed by atoms with Crippen LogP contribution in [0.15, 0.2) is 24.7 Å². The van der Waals surface area contributed by atoms with Crippen LogP contribution in [0.25, 0.3) is 0 Å². The summed E-state index contributed by atoms with van der Waals surface area (Å²) in [5.74, 6) is 0.348. The fraction of sp³-hybridized carbons (Fsp3) is 0.273. The molecule has 2 heterocycles. The third-order valence-corrected chi connectivity index (χ3v) is 2.46. The molecule has 0 aliphatic heterocycles. The minimum atomic E-state index is -0.328. The van der Waals surface area contributed by atoms with Crippen molar-refractivity contribution in [3.05, 3.63) is 36.2 Å². The third kappa shape index (κ3) is 2.45. The zero-order valence-corrected chi connectivity index (χ0v) is 10.0. The molecule has 7 nitrogen and oxygen atoms in total. The topological polar surface area (TPSA) is 92.9 Å². The van der Waals surface area contributed by atoms with Gasteiger partial charge in [0.05, 0.1) is 12.2 Å². The molecule has 94 valence electrons. The van der Waals surface area contributed by atoms with Gasteiger partial charge in [0.25, 0.3) is 5.91 Å². The number of nitrogens with one attached hydrogen (secondary N) is 1. The van der Waals surface area contributed by atoms with Crippen LogP contribution in [0.1, 0.15) is 29.3 Å². The number of nitrogens with zero attached hydrogens (tertiary/aromatic N) is 4. The fourth-order valence-electron chi connectivity index (χ4n) is 1.54. The van der Waals surface area contributed by atoms with E-state index < -0.39 is 0 Å². The predicted molar refractivity (Wildman–Crippen MR) is 62.8 cm³/mol. The molecular formula is C11H13N5O2. The van der Waals surface area contributed by atoms with Gasteiger partial charge in [-0.15, -0.1) is 10.2 Å². The zero-order valence-electron chi connectivity index (χ0n) is 10.0. The van der Waals surface area contributed by atoms with E-state index in [9.17, 15) is 4.79 Å². The first-order chi connectivity index (χ1) is 8.58. The van der Waals surface area contributed by atoms with E-state index in [1.54, 1.807) is 17.9 Å². The molecule has 0 aromatic carbocycles. The Morgan fingerprint density at radius 3 is 2.83 bits per heavy atom. The standard InChI is InChI=1S/C11H13N5O2/c1-7(10-15-13-6-16(10)2)14-11(18)9-4-3-8(17)5-12-9/h3-7,17H,1-2H3,(H,14,18). The van der Waals surface area contributed by atoms with Crippen LogP contribution in [-0.4, -0.2) is 30.8 Å². The molecule has 0 aliphatic carbocycles. The maximum atomic E-state index is 11.9. The summed E-state index contributed by atoms with van der Waals surface area (Å²) in [6.45, 7) is 1.81. The lowest BCUT2D eigenvalue weighted by atomic mass is 10.2. The molecule has 1 unspecified atom stereocenters. The highest BCUT2D eigenvalue weighted by Gasteiger charge is 2.15. The highest BCUT2D eigenvalue weighted by Crippen LogP contribution is 2.10. The van der Waals surface area contributed by atoms with Crippen LogP contribution >= 0.6 is 0 Å². The molecule has 2 rings (SSSR count). The van der Waals surface area contributed by atoms with E-state index in [-0.39, 0.29) is 23.4 Å². The van der Waals surface area contributed by atoms with Crippen molar-refractivity contribution in [2.75, 3.05) is 0 Å². The van der Waals surface area contributed by atoms with E-state index in [1.807, 2.05) is 6.92 Å². The van der Waals surface area contributed by atoms with Crippen LogP contribution in [-0.2, 0) is 7.05 Å². The van der Waals surface area contributed by atoms with Crippen molar-refractivity contribution >= 4 is 5.91 Å². The van der Waals surface area contributed by atoms with Crippen molar-refractivity contribution < 1.29 is 9.90 Å². The minimum absolute atomic E-state index is 0.0212. The Kier molecular flexibility index (Phi) is 3.22. The molecule has 0 saturated carbocycles. The lowest BCUT2D eigenvalue weighted by Gasteiger charge is -2.12. The number of aromatic nitrogens is 4. The molecular weight excluding hydrogens is 234 g/mol. The molecule has 0 radical (unpaired) electrons. The van der Waals surface area contributed by atoms with Gasteiger partial charge in [-0.1, -0.05) is 0 Å². The Bertz CT molecular complexity index is 549. The van der Waals surface area contributed by atoms with Crippen LogP contribution in [0.3, 0.4) is 0 Å². The Labute approximate surface area is 104 Å². The second kappa shape index (κ2) is 4.82. The summed E-state index contributed by atoms with van der Waals surface area (Å²) in [6, 6.07) is 2.59. The van der Waals surface area contributed by atoms with Gasteiger partial charge >= 0.3 is 0 Å². The van der Waals surface area contributed by atoms with E-state index in [4.69, 9.17) is 5.11 Å². The molecule has 0 saturated heterocycles. The molecule has 1 atom stereocenters. The summed E-state index contributed by atoms with van der Waals surface area (Å²) in [5.41, 5.74) is 0.238. The second-order valence-electron chi connectivity index (χ2n) is 3.90. The number of hydrogen-bond donors (Lipinski definition) is 2. The minimum Gasteiger partial charge on any atom is -0.506 e. The summed E-state index contributed by atoms with van der Waals surface area (Å²) < 4.78 is 1.73. The predicted octanol–water partition coefficient (Wildman–Crippen LogP) is 0.407. The molecule has 18 heavy (non-hydrogen) atoms. The number of aryl methyl sites for hydroxylation is 1. The number of aromatic hydroxyl groups is 1. The van der Waals surface area contributed by atoms with Crippen LogP contribution in [0.2, 0.25) is 0 Å². The highest BCUT2D eigenvalue weighted by molar-refractivity contribution is 5.92. The lowest BCUT2D eigenvalue weighted by molar-refractivity contribution is 0.0932. The van der Waals surface area contributed by atoms with Crippen molar-refractivity contribution in [2.45, 2.75) is 13.0 Å². The van der Waals surface area contributed by atoms with Crippen molar-refractivity contribution in [2.24, 2.45) is 7.05 Å². The van der Waals surface area contributed by atoms with Gasteiger partial charge in [0.2, 0.25) is 0 Å². The molecule has 7 heteroatoms. The van der Waals surface area contributed by atoms with Crippen LogP contribution < -0.4 is 5.32 Å². The number of amides is 1. The summed E-state index contributed by atoms with van der Waals surface area (Å²) in [7, 11) is 1.80. The smallest absolute Gasteiger partial charge is 0.270 e. The summed E-state index contributed by atoms with van der Waals surface area (Å²) in [5, 5.41) is 19.5. The fourth-order valence-corrected chi connectivity index (χ4v) is 1.54. The summed E-state index contributed by atoms with van der Waals surface area (Å²) >= 11 is 0. The van der Waals surface area contributed by atoms with Gasteiger partial charge in [-0.05, 0) is 19.1 Å². The van der Waals surface area contributed by atoms with Gasteiger partial charge in [-0.2, -0.15) is 0 Å². The van der Waals surface area contributed by atoms with Gasteiger partial charge in [0, 0.05) is 7.05 Å². The molecule has 2 aromatic heterocycles. The summed E-state index contributed by atoms with van der Waals surface area (Å²) in [4.78, 5) is 15.7. The van der Waals surface area contributed by atoms with Crippen molar-refractivity contribution in [1.29, 1.82) is 0 Å². The van der Waals surface area contributed by atoms with Gasteiger partial charge in [0.15, 0.2) is 5.82 Å². The molecule has 0 aliphatic rings. The van der Waals surface area contributed by atoms with E-state index in [2.05, 4.69) is 20.5 Å². The van der Waals surface area contributed by atoms with Crippen molar-refractivity contribution in [1.82, 2.24) is 25.1 Å². The highest BCUT2D eigenvalue weighted by atomic mass is 16.3. The molecule has 2 N–H and O–H groups in total. The van der Waals surface area contributed by atoms with Gasteiger partial charge in [-0.3, -0.25) is 4.79 Å². The molecule has 0 fully saturated rings. The normalized spacial score (nSPS) is 12.1. The van der Waals surface area contributed by atoms with E-state index in [0.29, 0.717) is 5.82 Å². The molecule has 0 bridgehead atoms. The Morgan fingerprint density at radius 1 is 1.50 bits per heavy atom. The maximum absolute atomic E-state index is 11.9. The molecule has 2 aromatic rings. The van der Waals surface area contributed by atoms with E-state index in [1.165, 1.54) is 18.3 Å². The van der Waals surface area contributed by atoms with Crippen LogP contribution in [0.5, 0.6) is 5.75 Å². The first-order valence-electron chi connectivity index (χ1n) is 5.37. The van der Waals surface area contributed by atoms with Gasteiger partial charge in [0.1, 0.15) is 17.8 Å². The third-order valence-electron chi connectivity index (χ3n) is 2.46. The second-order valence-corrected chi connectivity index (χ2v) is 3.90. The SMILES string of the molecule is CC(NC(=O)c1ccc(O)cn1)c1nncn1C. The number of rotatable bonds is 3. The first-order valence-corrected chi connectivity index (χ1v) is 5.37. The Hall–Kier alpha value is -2.44. The zero-order chi connectivity index (χ0) is 13.1. The average molecular weight is 247 g/mol. The first kappa shape index (κ1) is 12.0. The van der Waals surface area contributed by atoms with E-state index >= 15 is 0 Å². The van der Waals surface area contributed by atoms with Crippen molar-refractivity contribution in [3.63, 3.8) is 0 Å². The average Bonchev–Trinajstić information content (AvgIpc) is 2.76. The number of pyridine rings is 1. The Balaban J connectivity index is 2.08. The van der Waals surface area contributed by atoms with Crippen molar-refractivity contribution in [3.8, 4) is 5.75 Å². The largest absolute Gasteiger partial charge is 0.506 e. The van der Waals surface area contributed by atoms with Crippen LogP contribution in [0, 0.1) is 0 Å². The summed E-state index contributed by atoms with van der Waals surface area (Å²) in [6.07, 6.45) is 2.79.